The Balaban J connectivity index is 1.71. The summed E-state index contributed by atoms with van der Waals surface area (Å²) in [7, 11) is 1.53. The van der Waals surface area contributed by atoms with Crippen LogP contribution in [0.1, 0.15) is 5.56 Å². The number of rotatable bonds is 5. The predicted molar refractivity (Wildman–Crippen MR) is 89.3 cm³/mol. The van der Waals surface area contributed by atoms with Crippen molar-refractivity contribution in [2.24, 2.45) is 0 Å². The fourth-order valence-electron chi connectivity index (χ4n) is 2.18. The monoisotopic (exact) mass is 335 g/mol. The lowest BCUT2D eigenvalue weighted by Crippen LogP contribution is -2.07. The van der Waals surface area contributed by atoms with Crippen molar-refractivity contribution in [2.45, 2.75) is 6.42 Å². The van der Waals surface area contributed by atoms with Gasteiger partial charge in [-0.25, -0.2) is 9.97 Å². The Morgan fingerprint density at radius 3 is 3.05 bits per heavy atom. The maximum Gasteiger partial charge on any atom is 0.160 e. The number of hydrogen-bond acceptors (Lipinski definition) is 6. The number of phenolic OH excluding ortho intramolecular Hbond substituents is 1. The van der Waals surface area contributed by atoms with E-state index in [1.54, 1.807) is 6.07 Å². The molecule has 0 atom stereocenters. The predicted octanol–water partition coefficient (Wildman–Crippen LogP) is 3.71. The van der Waals surface area contributed by atoms with E-state index in [2.05, 4.69) is 15.3 Å². The van der Waals surface area contributed by atoms with Gasteiger partial charge in [-0.3, -0.25) is 0 Å². The van der Waals surface area contributed by atoms with Crippen molar-refractivity contribution < 1.29 is 9.84 Å². The molecule has 0 amide bonds. The van der Waals surface area contributed by atoms with Gasteiger partial charge in [0.2, 0.25) is 0 Å². The van der Waals surface area contributed by atoms with E-state index in [1.807, 2.05) is 17.5 Å². The fraction of sp³-hybridized carbons (Fsp3) is 0.200. The maximum atomic E-state index is 9.59. The molecular formula is C15H14ClN3O2S. The third-order valence-electron chi connectivity index (χ3n) is 3.28. The Kier molecular flexibility index (Phi) is 4.31. The molecule has 0 fully saturated rings. The number of nitrogens with zero attached hydrogens (tertiary/aromatic N) is 2. The molecule has 0 saturated heterocycles. The molecule has 0 radical (unpaired) electrons. The lowest BCUT2D eigenvalue weighted by atomic mass is 10.1. The zero-order valence-electron chi connectivity index (χ0n) is 11.8. The Bertz CT molecular complexity index is 807. The smallest absolute Gasteiger partial charge is 0.160 e. The molecule has 0 bridgehead atoms. The summed E-state index contributed by atoms with van der Waals surface area (Å²) in [5.74, 6) is 1.35. The summed E-state index contributed by atoms with van der Waals surface area (Å²) in [6.45, 7) is 0.687. The second kappa shape index (κ2) is 6.37. The van der Waals surface area contributed by atoms with Gasteiger partial charge in [-0.1, -0.05) is 17.7 Å². The zero-order valence-corrected chi connectivity index (χ0v) is 13.4. The molecule has 5 nitrogen and oxygen atoms in total. The molecule has 2 heterocycles. The number of anilines is 1. The van der Waals surface area contributed by atoms with Gasteiger partial charge >= 0.3 is 0 Å². The van der Waals surface area contributed by atoms with Gasteiger partial charge in [-0.05, 0) is 24.1 Å². The second-order valence-electron chi connectivity index (χ2n) is 4.67. The molecule has 0 spiro atoms. The number of nitrogens with one attached hydrogen (secondary N) is 1. The number of ether oxygens (including phenoxy) is 1. The van der Waals surface area contributed by atoms with Crippen LogP contribution in [0.25, 0.3) is 10.2 Å². The Hall–Kier alpha value is -2.05. The fourth-order valence-corrected chi connectivity index (χ4v) is 3.31. The molecule has 0 aliphatic heterocycles. The van der Waals surface area contributed by atoms with Crippen molar-refractivity contribution in [1.29, 1.82) is 0 Å². The highest BCUT2D eigenvalue weighted by Gasteiger charge is 2.09. The molecular weight excluding hydrogens is 322 g/mol. The number of halogens is 1. The first-order chi connectivity index (χ1) is 10.7. The number of benzene rings is 1. The van der Waals surface area contributed by atoms with Crippen LogP contribution in [0.3, 0.4) is 0 Å². The van der Waals surface area contributed by atoms with E-state index >= 15 is 0 Å². The SMILES string of the molecule is COc1cc(CCNc2ncnc3scc(Cl)c23)ccc1O. The summed E-state index contributed by atoms with van der Waals surface area (Å²) in [5.41, 5.74) is 1.06. The first-order valence-electron chi connectivity index (χ1n) is 6.66. The van der Waals surface area contributed by atoms with E-state index in [-0.39, 0.29) is 5.75 Å². The lowest BCUT2D eigenvalue weighted by Gasteiger charge is -2.09. The number of methoxy groups -OCH3 is 1. The number of aromatic nitrogens is 2. The van der Waals surface area contributed by atoms with Crippen LogP contribution in [0.5, 0.6) is 11.5 Å². The third kappa shape index (κ3) is 2.93. The summed E-state index contributed by atoms with van der Waals surface area (Å²) < 4.78 is 5.11. The van der Waals surface area contributed by atoms with Crippen molar-refractivity contribution in [1.82, 2.24) is 9.97 Å². The number of phenols is 1. The summed E-state index contributed by atoms with van der Waals surface area (Å²) in [5, 5.41) is 16.3. The standard InChI is InChI=1S/C15H14ClN3O2S/c1-21-12-6-9(2-3-11(12)20)4-5-17-14-13-10(16)7-22-15(13)19-8-18-14/h2-3,6-8,20H,4-5H2,1H3,(H,17,18,19). The third-order valence-corrected chi connectivity index (χ3v) is 4.59. The second-order valence-corrected chi connectivity index (χ2v) is 5.93. The molecule has 1 aromatic carbocycles. The molecule has 2 aromatic heterocycles. The topological polar surface area (TPSA) is 67.3 Å². The van der Waals surface area contributed by atoms with Crippen LogP contribution in [0.2, 0.25) is 5.02 Å². The summed E-state index contributed by atoms with van der Waals surface area (Å²) in [6, 6.07) is 5.32. The van der Waals surface area contributed by atoms with E-state index in [4.69, 9.17) is 16.3 Å². The molecule has 0 unspecified atom stereocenters. The van der Waals surface area contributed by atoms with E-state index in [0.29, 0.717) is 17.3 Å². The quantitative estimate of drug-likeness (QED) is 0.744. The van der Waals surface area contributed by atoms with E-state index in [9.17, 15) is 5.11 Å². The molecule has 3 aromatic rings. The highest BCUT2D eigenvalue weighted by molar-refractivity contribution is 7.17. The maximum absolute atomic E-state index is 9.59. The van der Waals surface area contributed by atoms with Crippen molar-refractivity contribution in [3.05, 3.63) is 40.5 Å². The van der Waals surface area contributed by atoms with Crippen LogP contribution in [0, 0.1) is 0 Å². The number of hydrogen-bond donors (Lipinski definition) is 2. The Morgan fingerprint density at radius 1 is 1.36 bits per heavy atom. The number of aromatic hydroxyl groups is 1. The minimum Gasteiger partial charge on any atom is -0.504 e. The number of thiophene rings is 1. The largest absolute Gasteiger partial charge is 0.504 e. The van der Waals surface area contributed by atoms with Crippen LogP contribution in [0.15, 0.2) is 29.9 Å². The molecule has 0 aliphatic rings. The average molecular weight is 336 g/mol. The van der Waals surface area contributed by atoms with Gasteiger partial charge in [-0.2, -0.15) is 0 Å². The van der Waals surface area contributed by atoms with Gasteiger partial charge < -0.3 is 15.2 Å². The van der Waals surface area contributed by atoms with Crippen LogP contribution in [0.4, 0.5) is 5.82 Å². The van der Waals surface area contributed by atoms with Crippen LogP contribution < -0.4 is 10.1 Å². The van der Waals surface area contributed by atoms with Gasteiger partial charge in [0.25, 0.3) is 0 Å². The molecule has 0 saturated carbocycles. The first kappa shape index (κ1) is 14.9. The summed E-state index contributed by atoms with van der Waals surface area (Å²) >= 11 is 7.67. The lowest BCUT2D eigenvalue weighted by molar-refractivity contribution is 0.373. The molecule has 22 heavy (non-hydrogen) atoms. The van der Waals surface area contributed by atoms with E-state index in [0.717, 1.165) is 28.0 Å². The number of fused-ring (bicyclic) bond motifs is 1. The molecule has 0 aliphatic carbocycles. The van der Waals surface area contributed by atoms with E-state index in [1.165, 1.54) is 24.8 Å². The minimum atomic E-state index is 0.141. The van der Waals surface area contributed by atoms with Crippen LogP contribution in [-0.2, 0) is 6.42 Å². The van der Waals surface area contributed by atoms with Crippen molar-refractivity contribution >= 4 is 39.0 Å². The Morgan fingerprint density at radius 2 is 2.23 bits per heavy atom. The average Bonchev–Trinajstić information content (AvgIpc) is 2.91. The van der Waals surface area contributed by atoms with Gasteiger partial charge in [0.15, 0.2) is 11.5 Å². The minimum absolute atomic E-state index is 0.141. The highest BCUT2D eigenvalue weighted by Crippen LogP contribution is 2.32. The summed E-state index contributed by atoms with van der Waals surface area (Å²) in [4.78, 5) is 9.32. The molecule has 7 heteroatoms. The van der Waals surface area contributed by atoms with Gasteiger partial charge in [0, 0.05) is 11.9 Å². The van der Waals surface area contributed by atoms with Gasteiger partial charge in [0.05, 0.1) is 17.5 Å². The Labute approximate surface area is 136 Å². The first-order valence-corrected chi connectivity index (χ1v) is 7.92. The molecule has 114 valence electrons. The van der Waals surface area contributed by atoms with Gasteiger partial charge in [0.1, 0.15) is 17.0 Å². The highest BCUT2D eigenvalue weighted by atomic mass is 35.5. The van der Waals surface area contributed by atoms with Crippen molar-refractivity contribution in [2.75, 3.05) is 19.0 Å². The van der Waals surface area contributed by atoms with Gasteiger partial charge in [-0.15, -0.1) is 11.3 Å². The molecule has 3 rings (SSSR count). The zero-order chi connectivity index (χ0) is 15.5. The summed E-state index contributed by atoms with van der Waals surface area (Å²) in [6.07, 6.45) is 2.30. The normalized spacial score (nSPS) is 10.8. The van der Waals surface area contributed by atoms with Crippen LogP contribution in [-0.4, -0.2) is 28.7 Å². The van der Waals surface area contributed by atoms with Crippen LogP contribution >= 0.6 is 22.9 Å². The van der Waals surface area contributed by atoms with E-state index < -0.39 is 0 Å². The molecule has 2 N–H and O–H groups in total. The van der Waals surface area contributed by atoms with Crippen molar-refractivity contribution in [3.63, 3.8) is 0 Å². The van der Waals surface area contributed by atoms with Crippen molar-refractivity contribution in [3.8, 4) is 11.5 Å².